The molecule has 6 heteroatoms. The molecule has 1 aliphatic rings. The molecule has 1 aromatic rings. The quantitative estimate of drug-likeness (QED) is 0.445. The Morgan fingerprint density at radius 1 is 1.48 bits per heavy atom. The largest absolute Gasteiger partial charge is 0.356 e. The zero-order valence-electron chi connectivity index (χ0n) is 13.6. The zero-order chi connectivity index (χ0) is 14.8. The van der Waals surface area contributed by atoms with Gasteiger partial charge in [-0.15, -0.1) is 35.3 Å². The maximum absolute atomic E-state index is 4.71. The fourth-order valence-corrected chi connectivity index (χ4v) is 2.98. The van der Waals surface area contributed by atoms with Crippen LogP contribution in [0, 0.1) is 5.92 Å². The van der Waals surface area contributed by atoms with E-state index >= 15 is 0 Å². The van der Waals surface area contributed by atoms with Gasteiger partial charge in [-0.3, -0.25) is 4.99 Å². The van der Waals surface area contributed by atoms with Crippen LogP contribution in [-0.2, 0) is 11.8 Å². The van der Waals surface area contributed by atoms with Gasteiger partial charge in [0, 0.05) is 36.9 Å². The Balaban J connectivity index is 0.00000220. The number of thiazole rings is 1. The van der Waals surface area contributed by atoms with Crippen LogP contribution >= 0.6 is 35.3 Å². The number of halogens is 1. The van der Waals surface area contributed by atoms with Gasteiger partial charge in [-0.05, 0) is 12.3 Å². The molecule has 0 saturated heterocycles. The Morgan fingerprint density at radius 3 is 2.62 bits per heavy atom. The SMILES string of the molecule is CN=C(NCCc1nc(C(C)(C)C)cs1)NC1CC1C.I. The molecule has 0 aromatic carbocycles. The molecular formula is C15H27IN4S. The lowest BCUT2D eigenvalue weighted by Gasteiger charge is -2.14. The molecule has 2 rings (SSSR count). The van der Waals surface area contributed by atoms with Gasteiger partial charge in [0.25, 0.3) is 0 Å². The van der Waals surface area contributed by atoms with E-state index < -0.39 is 0 Å². The van der Waals surface area contributed by atoms with E-state index in [1.54, 1.807) is 11.3 Å². The van der Waals surface area contributed by atoms with Crippen LogP contribution in [0.2, 0.25) is 0 Å². The van der Waals surface area contributed by atoms with Crippen LogP contribution in [0.15, 0.2) is 10.4 Å². The van der Waals surface area contributed by atoms with Crippen LogP contribution in [0.4, 0.5) is 0 Å². The molecule has 0 spiro atoms. The molecule has 2 atom stereocenters. The van der Waals surface area contributed by atoms with E-state index in [2.05, 4.69) is 48.7 Å². The Labute approximate surface area is 149 Å². The highest BCUT2D eigenvalue weighted by atomic mass is 127. The van der Waals surface area contributed by atoms with Gasteiger partial charge in [0.1, 0.15) is 0 Å². The third kappa shape index (κ3) is 5.73. The van der Waals surface area contributed by atoms with E-state index in [9.17, 15) is 0 Å². The zero-order valence-corrected chi connectivity index (χ0v) is 16.7. The van der Waals surface area contributed by atoms with Gasteiger partial charge in [-0.1, -0.05) is 27.7 Å². The van der Waals surface area contributed by atoms with Gasteiger partial charge in [-0.25, -0.2) is 4.98 Å². The predicted octanol–water partition coefficient (Wildman–Crippen LogP) is 3.17. The molecule has 0 radical (unpaired) electrons. The lowest BCUT2D eigenvalue weighted by molar-refractivity contribution is 0.570. The Hall–Kier alpha value is -0.370. The summed E-state index contributed by atoms with van der Waals surface area (Å²) in [6.07, 6.45) is 2.20. The summed E-state index contributed by atoms with van der Waals surface area (Å²) in [4.78, 5) is 8.96. The maximum Gasteiger partial charge on any atom is 0.191 e. The molecule has 4 nitrogen and oxygen atoms in total. The third-order valence-corrected chi connectivity index (χ3v) is 4.52. The molecule has 21 heavy (non-hydrogen) atoms. The number of hydrogen-bond donors (Lipinski definition) is 2. The molecule has 1 saturated carbocycles. The molecular weight excluding hydrogens is 395 g/mol. The molecule has 1 aromatic heterocycles. The Bertz CT molecular complexity index is 478. The summed E-state index contributed by atoms with van der Waals surface area (Å²) >= 11 is 1.75. The lowest BCUT2D eigenvalue weighted by atomic mass is 9.93. The van der Waals surface area contributed by atoms with Gasteiger partial charge in [0.2, 0.25) is 0 Å². The van der Waals surface area contributed by atoms with Crippen LogP contribution in [0.3, 0.4) is 0 Å². The lowest BCUT2D eigenvalue weighted by Crippen LogP contribution is -2.39. The molecule has 0 bridgehead atoms. The highest BCUT2D eigenvalue weighted by Crippen LogP contribution is 2.28. The van der Waals surface area contributed by atoms with E-state index in [4.69, 9.17) is 4.98 Å². The van der Waals surface area contributed by atoms with Crippen molar-refractivity contribution in [1.29, 1.82) is 0 Å². The summed E-state index contributed by atoms with van der Waals surface area (Å²) in [5, 5.41) is 10.2. The van der Waals surface area contributed by atoms with Gasteiger partial charge >= 0.3 is 0 Å². The monoisotopic (exact) mass is 422 g/mol. The second kappa shape index (κ2) is 7.76. The van der Waals surface area contributed by atoms with E-state index in [-0.39, 0.29) is 29.4 Å². The fourth-order valence-electron chi connectivity index (χ4n) is 1.95. The van der Waals surface area contributed by atoms with Crippen molar-refractivity contribution < 1.29 is 0 Å². The Morgan fingerprint density at radius 2 is 2.14 bits per heavy atom. The van der Waals surface area contributed by atoms with Crippen molar-refractivity contribution in [2.75, 3.05) is 13.6 Å². The van der Waals surface area contributed by atoms with Crippen molar-refractivity contribution >= 4 is 41.3 Å². The molecule has 2 unspecified atom stereocenters. The van der Waals surface area contributed by atoms with Crippen LogP contribution < -0.4 is 10.6 Å². The Kier molecular flexibility index (Phi) is 6.90. The molecule has 2 N–H and O–H groups in total. The predicted molar refractivity (Wildman–Crippen MR) is 102 cm³/mol. The van der Waals surface area contributed by atoms with E-state index in [0.29, 0.717) is 6.04 Å². The molecule has 120 valence electrons. The minimum Gasteiger partial charge on any atom is -0.356 e. The summed E-state index contributed by atoms with van der Waals surface area (Å²) in [6, 6.07) is 0.605. The summed E-state index contributed by atoms with van der Waals surface area (Å²) in [6.45, 7) is 9.73. The average molecular weight is 422 g/mol. The van der Waals surface area contributed by atoms with Crippen molar-refractivity contribution in [3.05, 3.63) is 16.1 Å². The van der Waals surface area contributed by atoms with E-state index in [0.717, 1.165) is 24.8 Å². The van der Waals surface area contributed by atoms with Crippen LogP contribution in [0.25, 0.3) is 0 Å². The number of hydrogen-bond acceptors (Lipinski definition) is 3. The van der Waals surface area contributed by atoms with Gasteiger partial charge in [-0.2, -0.15) is 0 Å². The maximum atomic E-state index is 4.71. The number of nitrogens with zero attached hydrogens (tertiary/aromatic N) is 2. The first-order chi connectivity index (χ1) is 9.40. The van der Waals surface area contributed by atoms with Crippen molar-refractivity contribution in [2.45, 2.75) is 52.0 Å². The summed E-state index contributed by atoms with van der Waals surface area (Å²) in [5.41, 5.74) is 1.33. The van der Waals surface area contributed by atoms with E-state index in [1.807, 2.05) is 7.05 Å². The third-order valence-electron chi connectivity index (χ3n) is 3.61. The minimum atomic E-state index is 0. The number of nitrogens with one attached hydrogen (secondary N) is 2. The molecule has 0 amide bonds. The van der Waals surface area contributed by atoms with Crippen molar-refractivity contribution in [2.24, 2.45) is 10.9 Å². The normalized spacial score (nSPS) is 21.7. The fraction of sp³-hybridized carbons (Fsp3) is 0.733. The van der Waals surface area contributed by atoms with Gasteiger partial charge in [0.05, 0.1) is 10.7 Å². The van der Waals surface area contributed by atoms with Crippen molar-refractivity contribution in [3.63, 3.8) is 0 Å². The van der Waals surface area contributed by atoms with Crippen LogP contribution in [0.1, 0.15) is 44.8 Å². The molecule has 1 aliphatic carbocycles. The minimum absolute atomic E-state index is 0. The first-order valence-electron chi connectivity index (χ1n) is 7.32. The number of aromatic nitrogens is 1. The van der Waals surface area contributed by atoms with Gasteiger partial charge < -0.3 is 10.6 Å². The van der Waals surface area contributed by atoms with Gasteiger partial charge in [0.15, 0.2) is 5.96 Å². The summed E-state index contributed by atoms with van der Waals surface area (Å²) in [7, 11) is 1.82. The number of guanidine groups is 1. The highest BCUT2D eigenvalue weighted by Gasteiger charge is 2.33. The molecule has 1 fully saturated rings. The second-order valence-electron chi connectivity index (χ2n) is 6.59. The number of aliphatic imine (C=N–C) groups is 1. The standard InChI is InChI=1S/C15H26N4S.HI/c1-10-8-11(10)18-14(16-5)17-7-6-13-19-12(9-20-13)15(2,3)4;/h9-11H,6-8H2,1-5H3,(H2,16,17,18);1H. The second-order valence-corrected chi connectivity index (χ2v) is 7.53. The van der Waals surface area contributed by atoms with Crippen LogP contribution in [0.5, 0.6) is 0 Å². The van der Waals surface area contributed by atoms with Crippen molar-refractivity contribution in [1.82, 2.24) is 15.6 Å². The number of rotatable bonds is 4. The summed E-state index contributed by atoms with van der Waals surface area (Å²) < 4.78 is 0. The smallest absolute Gasteiger partial charge is 0.191 e. The van der Waals surface area contributed by atoms with E-state index in [1.165, 1.54) is 17.1 Å². The topological polar surface area (TPSA) is 49.3 Å². The molecule has 1 heterocycles. The summed E-state index contributed by atoms with van der Waals surface area (Å²) in [5.74, 6) is 1.69. The average Bonchev–Trinajstić information content (AvgIpc) is 2.88. The first-order valence-corrected chi connectivity index (χ1v) is 8.20. The van der Waals surface area contributed by atoms with Crippen LogP contribution in [-0.4, -0.2) is 30.6 Å². The first kappa shape index (κ1) is 18.7. The van der Waals surface area contributed by atoms with Crippen molar-refractivity contribution in [3.8, 4) is 0 Å². The molecule has 0 aliphatic heterocycles. The highest BCUT2D eigenvalue weighted by molar-refractivity contribution is 14.0.